The standard InChI is InChI=1S/C31H35F5N6O5/c1-41(2)23-12-24-38-22(16-42(24)40-21(23)14-29(27(44)45)13-20(31(34,35)36)15-37-26(29)43)25(19-8-10-30(32,33)11-9-19)39-28(46)47-17-18-6-4-3-5-7-18/h3-7,12,16,19-20,25H,8-11,13-15,17H2,1-2H3,(H,37,43)(H,39,46)(H,44,45)/t20-,25?,29?/m1/s1. The molecule has 0 radical (unpaired) electrons. The lowest BCUT2D eigenvalue weighted by molar-refractivity contribution is -0.194. The minimum atomic E-state index is -4.73. The second kappa shape index (κ2) is 13.0. The average Bonchev–Trinajstić information content (AvgIpc) is 3.42. The number of nitrogens with zero attached hydrogens (tertiary/aromatic N) is 4. The summed E-state index contributed by atoms with van der Waals surface area (Å²) in [6.07, 6.45) is -6.29. The molecule has 2 amide bonds. The normalized spacial score (nSPS) is 22.4. The fraction of sp³-hybridized carbons (Fsp3) is 0.516. The average molecular weight is 667 g/mol. The Hall–Kier alpha value is -4.50. The molecular formula is C31H35F5N6O5. The van der Waals surface area contributed by atoms with E-state index in [1.54, 1.807) is 43.3 Å². The number of carboxylic acids is 1. The highest BCUT2D eigenvalue weighted by Gasteiger charge is 2.56. The highest BCUT2D eigenvalue weighted by atomic mass is 19.4. The Bertz CT molecular complexity index is 1620. The van der Waals surface area contributed by atoms with E-state index in [0.29, 0.717) is 5.69 Å². The monoisotopic (exact) mass is 666 g/mol. The maximum atomic E-state index is 14.1. The molecule has 0 spiro atoms. The van der Waals surface area contributed by atoms with Gasteiger partial charge in [0.05, 0.1) is 35.2 Å². The van der Waals surface area contributed by atoms with Crippen LogP contribution in [-0.2, 0) is 27.4 Å². The third-order valence-corrected chi connectivity index (χ3v) is 8.92. The van der Waals surface area contributed by atoms with E-state index in [9.17, 15) is 41.4 Å². The third kappa shape index (κ3) is 7.41. The number of hydrogen-bond donors (Lipinski definition) is 3. The fourth-order valence-electron chi connectivity index (χ4n) is 6.25. The lowest BCUT2D eigenvalue weighted by Crippen LogP contribution is -2.57. The predicted octanol–water partition coefficient (Wildman–Crippen LogP) is 4.90. The van der Waals surface area contributed by atoms with E-state index >= 15 is 0 Å². The molecule has 2 fully saturated rings. The Balaban J connectivity index is 1.48. The molecule has 3 aromatic rings. The molecule has 3 N–H and O–H groups in total. The van der Waals surface area contributed by atoms with Gasteiger partial charge in [0, 0.05) is 46.0 Å². The number of rotatable bonds is 9. The Morgan fingerprint density at radius 3 is 2.49 bits per heavy atom. The number of alkyl halides is 5. The van der Waals surface area contributed by atoms with Crippen LogP contribution >= 0.6 is 0 Å². The van der Waals surface area contributed by atoms with E-state index in [0.717, 1.165) is 5.56 Å². The molecule has 3 heterocycles. The first kappa shape index (κ1) is 33.9. The van der Waals surface area contributed by atoms with Gasteiger partial charge in [-0.2, -0.15) is 18.3 Å². The highest BCUT2D eigenvalue weighted by Crippen LogP contribution is 2.43. The number of imidazole rings is 1. The fourth-order valence-corrected chi connectivity index (χ4v) is 6.25. The maximum absolute atomic E-state index is 14.1. The van der Waals surface area contributed by atoms with E-state index in [1.807, 2.05) is 6.07 Å². The number of piperidine rings is 1. The van der Waals surface area contributed by atoms with Crippen LogP contribution in [0.25, 0.3) is 5.65 Å². The zero-order valence-corrected chi connectivity index (χ0v) is 25.7. The topological polar surface area (TPSA) is 138 Å². The number of aromatic nitrogens is 3. The van der Waals surface area contributed by atoms with Gasteiger partial charge in [-0.1, -0.05) is 30.3 Å². The van der Waals surface area contributed by atoms with Crippen molar-refractivity contribution in [3.8, 4) is 0 Å². The number of ether oxygens (including phenoxy) is 1. The molecule has 1 aliphatic heterocycles. The molecule has 254 valence electrons. The van der Waals surface area contributed by atoms with Crippen molar-refractivity contribution in [2.24, 2.45) is 17.3 Å². The van der Waals surface area contributed by atoms with Gasteiger partial charge in [0.15, 0.2) is 11.1 Å². The van der Waals surface area contributed by atoms with E-state index in [2.05, 4.69) is 20.7 Å². The summed E-state index contributed by atoms with van der Waals surface area (Å²) >= 11 is 0. The molecule has 3 atom stereocenters. The van der Waals surface area contributed by atoms with E-state index in [4.69, 9.17) is 4.74 Å². The largest absolute Gasteiger partial charge is 0.480 e. The molecule has 11 nitrogen and oxygen atoms in total. The molecule has 2 unspecified atom stereocenters. The second-order valence-electron chi connectivity index (χ2n) is 12.4. The molecule has 1 aromatic carbocycles. The first-order chi connectivity index (χ1) is 22.1. The molecule has 1 saturated carbocycles. The number of benzene rings is 1. The van der Waals surface area contributed by atoms with Gasteiger partial charge < -0.3 is 25.4 Å². The molecule has 1 aliphatic carbocycles. The number of amides is 2. The van der Waals surface area contributed by atoms with Crippen LogP contribution in [-0.4, -0.2) is 70.4 Å². The Morgan fingerprint density at radius 1 is 1.19 bits per heavy atom. The summed E-state index contributed by atoms with van der Waals surface area (Å²) in [6, 6.07) is 9.61. The summed E-state index contributed by atoms with van der Waals surface area (Å²) in [4.78, 5) is 44.5. The smallest absolute Gasteiger partial charge is 0.408 e. The first-order valence-electron chi connectivity index (χ1n) is 15.1. The van der Waals surface area contributed by atoms with E-state index < -0.39 is 72.7 Å². The summed E-state index contributed by atoms with van der Waals surface area (Å²) in [6.45, 7) is -0.761. The zero-order chi connectivity index (χ0) is 34.1. The number of halogens is 5. The van der Waals surface area contributed by atoms with Gasteiger partial charge >= 0.3 is 18.2 Å². The maximum Gasteiger partial charge on any atom is 0.408 e. The summed E-state index contributed by atoms with van der Waals surface area (Å²) in [7, 11) is 3.23. The van der Waals surface area contributed by atoms with Gasteiger partial charge in [0.25, 0.3) is 0 Å². The second-order valence-corrected chi connectivity index (χ2v) is 12.4. The van der Waals surface area contributed by atoms with Crippen molar-refractivity contribution in [3.05, 3.63) is 59.5 Å². The van der Waals surface area contributed by atoms with Crippen molar-refractivity contribution < 1.29 is 46.2 Å². The Kier molecular flexibility index (Phi) is 9.33. The SMILES string of the molecule is CN(C)c1cc2nc(C(NC(=O)OCc3ccccc3)C3CCC(F)(F)CC3)cn2nc1CC1(C(=O)O)C[C@@H](C(F)(F)F)CNC1=O. The van der Waals surface area contributed by atoms with E-state index in [1.165, 1.54) is 16.8 Å². The number of fused-ring (bicyclic) bond motifs is 1. The minimum absolute atomic E-state index is 0.0240. The van der Waals surface area contributed by atoms with Gasteiger partial charge in [-0.25, -0.2) is 23.1 Å². The predicted molar refractivity (Wildman–Crippen MR) is 158 cm³/mol. The van der Waals surface area contributed by atoms with Gasteiger partial charge in [-0.05, 0) is 30.7 Å². The molecule has 47 heavy (non-hydrogen) atoms. The van der Waals surface area contributed by atoms with Crippen molar-refractivity contribution in [2.45, 2.75) is 63.3 Å². The molecule has 2 aliphatic rings. The quantitative estimate of drug-likeness (QED) is 0.217. The number of anilines is 1. The summed E-state index contributed by atoms with van der Waals surface area (Å²) in [5.41, 5.74) is -0.870. The number of carboxylic acid groups (broad SMARTS) is 1. The lowest BCUT2D eigenvalue weighted by Gasteiger charge is -2.37. The van der Waals surface area contributed by atoms with Crippen LogP contribution in [0.3, 0.4) is 0 Å². The number of alkyl carbamates (subject to hydrolysis) is 1. The first-order valence-corrected chi connectivity index (χ1v) is 15.1. The number of nitrogens with one attached hydrogen (secondary N) is 2. The van der Waals surface area contributed by atoms with Crippen molar-refractivity contribution in [1.29, 1.82) is 0 Å². The lowest BCUT2D eigenvalue weighted by atomic mass is 9.72. The molecule has 2 aromatic heterocycles. The summed E-state index contributed by atoms with van der Waals surface area (Å²) < 4.78 is 75.8. The van der Waals surface area contributed by atoms with Crippen LogP contribution in [0.2, 0.25) is 0 Å². The van der Waals surface area contributed by atoms with E-state index in [-0.39, 0.29) is 49.3 Å². The van der Waals surface area contributed by atoms with Crippen LogP contribution in [0.1, 0.15) is 55.1 Å². The number of carbonyl (C=O) groups excluding carboxylic acids is 2. The zero-order valence-electron chi connectivity index (χ0n) is 25.7. The molecule has 16 heteroatoms. The van der Waals surface area contributed by atoms with Crippen LogP contribution < -0.4 is 15.5 Å². The number of carbonyl (C=O) groups is 3. The molecule has 0 bridgehead atoms. The summed E-state index contributed by atoms with van der Waals surface area (Å²) in [5.74, 6) is -8.09. The minimum Gasteiger partial charge on any atom is -0.480 e. The van der Waals surface area contributed by atoms with Gasteiger partial charge in [0.1, 0.15) is 6.61 Å². The number of aliphatic carboxylic acids is 1. The third-order valence-electron chi connectivity index (χ3n) is 8.92. The Labute approximate surface area is 266 Å². The molecule has 5 rings (SSSR count). The van der Waals surface area contributed by atoms with Crippen LogP contribution in [0.4, 0.5) is 32.4 Å². The summed E-state index contributed by atoms with van der Waals surface area (Å²) in [5, 5.41) is 19.5. The van der Waals surface area contributed by atoms with Gasteiger partial charge in [-0.15, -0.1) is 0 Å². The van der Waals surface area contributed by atoms with Crippen molar-refractivity contribution >= 4 is 29.3 Å². The molecular weight excluding hydrogens is 631 g/mol. The van der Waals surface area contributed by atoms with Crippen LogP contribution in [0, 0.1) is 17.3 Å². The van der Waals surface area contributed by atoms with Crippen LogP contribution in [0.5, 0.6) is 0 Å². The van der Waals surface area contributed by atoms with Gasteiger partial charge in [0.2, 0.25) is 11.8 Å². The van der Waals surface area contributed by atoms with Crippen LogP contribution in [0.15, 0.2) is 42.6 Å². The molecule has 1 saturated heterocycles. The number of hydrogen-bond acceptors (Lipinski definition) is 7. The Morgan fingerprint density at radius 2 is 1.87 bits per heavy atom. The van der Waals surface area contributed by atoms with Crippen molar-refractivity contribution in [1.82, 2.24) is 25.2 Å². The van der Waals surface area contributed by atoms with Crippen molar-refractivity contribution in [3.63, 3.8) is 0 Å². The highest BCUT2D eigenvalue weighted by molar-refractivity contribution is 6.03. The van der Waals surface area contributed by atoms with Crippen molar-refractivity contribution in [2.75, 3.05) is 25.5 Å². The van der Waals surface area contributed by atoms with Gasteiger partial charge in [-0.3, -0.25) is 9.59 Å².